The Morgan fingerprint density at radius 3 is 2.73 bits per heavy atom. The van der Waals surface area contributed by atoms with Gasteiger partial charge in [0.1, 0.15) is 0 Å². The van der Waals surface area contributed by atoms with Crippen molar-refractivity contribution < 1.29 is 0 Å². The molecule has 1 aromatic heterocycles. The summed E-state index contributed by atoms with van der Waals surface area (Å²) in [5.74, 6) is 0. The van der Waals surface area contributed by atoms with Crippen LogP contribution in [0.15, 0.2) is 23.0 Å². The van der Waals surface area contributed by atoms with E-state index in [2.05, 4.69) is 15.3 Å². The maximum absolute atomic E-state index is 11.1. The Hall–Kier alpha value is -1.71. The monoisotopic (exact) mass is 203 g/mol. The smallest absolute Gasteiger partial charge is 0.323 e. The van der Waals surface area contributed by atoms with E-state index >= 15 is 0 Å². The number of benzene rings is 1. The topological polar surface area (TPSA) is 60.7 Å². The molecule has 3 N–H and O–H groups in total. The first-order valence-electron chi connectivity index (χ1n) is 5.30. The molecule has 1 heterocycles. The molecule has 0 bridgehead atoms. The van der Waals surface area contributed by atoms with Crippen molar-refractivity contribution in [3.8, 4) is 0 Å². The van der Waals surface area contributed by atoms with E-state index in [1.165, 1.54) is 19.3 Å². The lowest BCUT2D eigenvalue weighted by Gasteiger charge is -2.27. The van der Waals surface area contributed by atoms with Crippen molar-refractivity contribution in [3.63, 3.8) is 0 Å². The Balaban J connectivity index is 1.94. The molecule has 2 aromatic rings. The van der Waals surface area contributed by atoms with Crippen LogP contribution in [0.3, 0.4) is 0 Å². The molecule has 0 aliphatic heterocycles. The number of fused-ring (bicyclic) bond motifs is 1. The van der Waals surface area contributed by atoms with Crippen molar-refractivity contribution in [1.82, 2.24) is 9.97 Å². The van der Waals surface area contributed by atoms with Crippen LogP contribution >= 0.6 is 0 Å². The number of rotatable bonds is 2. The second-order valence-corrected chi connectivity index (χ2v) is 4.11. The summed E-state index contributed by atoms with van der Waals surface area (Å²) >= 11 is 0. The molecular formula is C11H13N3O. The number of aromatic nitrogens is 2. The van der Waals surface area contributed by atoms with Crippen LogP contribution in [-0.2, 0) is 0 Å². The number of nitrogens with one attached hydrogen (secondary N) is 3. The van der Waals surface area contributed by atoms with Crippen molar-refractivity contribution >= 4 is 16.7 Å². The summed E-state index contributed by atoms with van der Waals surface area (Å²) in [6.07, 6.45) is 3.82. The van der Waals surface area contributed by atoms with Crippen LogP contribution in [0.4, 0.5) is 5.69 Å². The highest BCUT2D eigenvalue weighted by Crippen LogP contribution is 2.24. The molecule has 0 spiro atoms. The molecule has 0 saturated heterocycles. The fraction of sp³-hybridized carbons (Fsp3) is 0.364. The molecule has 15 heavy (non-hydrogen) atoms. The molecule has 78 valence electrons. The van der Waals surface area contributed by atoms with Crippen LogP contribution < -0.4 is 11.0 Å². The van der Waals surface area contributed by atoms with E-state index in [0.29, 0.717) is 6.04 Å². The Labute approximate surface area is 86.7 Å². The van der Waals surface area contributed by atoms with Crippen molar-refractivity contribution in [2.75, 3.05) is 5.32 Å². The van der Waals surface area contributed by atoms with Crippen LogP contribution in [0, 0.1) is 0 Å². The van der Waals surface area contributed by atoms with Gasteiger partial charge in [-0.3, -0.25) is 0 Å². The van der Waals surface area contributed by atoms with Gasteiger partial charge in [0.05, 0.1) is 11.0 Å². The van der Waals surface area contributed by atoms with Gasteiger partial charge in [-0.2, -0.15) is 0 Å². The summed E-state index contributed by atoms with van der Waals surface area (Å²) in [4.78, 5) is 16.5. The van der Waals surface area contributed by atoms with Gasteiger partial charge in [0.25, 0.3) is 0 Å². The average molecular weight is 203 g/mol. The van der Waals surface area contributed by atoms with Crippen LogP contribution in [0.25, 0.3) is 11.0 Å². The van der Waals surface area contributed by atoms with E-state index in [1.54, 1.807) is 0 Å². The minimum atomic E-state index is -0.147. The fourth-order valence-corrected chi connectivity index (χ4v) is 1.91. The highest BCUT2D eigenvalue weighted by Gasteiger charge is 2.16. The van der Waals surface area contributed by atoms with Crippen LogP contribution in [0.1, 0.15) is 19.3 Å². The molecule has 1 aliphatic rings. The molecular weight excluding hydrogens is 190 g/mol. The number of hydrogen-bond donors (Lipinski definition) is 3. The number of anilines is 1. The molecule has 4 nitrogen and oxygen atoms in total. The summed E-state index contributed by atoms with van der Waals surface area (Å²) < 4.78 is 0. The van der Waals surface area contributed by atoms with E-state index in [0.717, 1.165) is 16.7 Å². The number of H-pyrrole nitrogens is 2. The van der Waals surface area contributed by atoms with E-state index in [-0.39, 0.29) is 5.69 Å². The molecule has 1 fully saturated rings. The van der Waals surface area contributed by atoms with Crippen molar-refractivity contribution in [2.45, 2.75) is 25.3 Å². The van der Waals surface area contributed by atoms with Crippen molar-refractivity contribution in [1.29, 1.82) is 0 Å². The van der Waals surface area contributed by atoms with Gasteiger partial charge in [-0.25, -0.2) is 4.79 Å². The third-order valence-electron chi connectivity index (χ3n) is 2.99. The third-order valence-corrected chi connectivity index (χ3v) is 2.99. The molecule has 0 unspecified atom stereocenters. The zero-order valence-corrected chi connectivity index (χ0v) is 8.34. The van der Waals surface area contributed by atoms with Gasteiger partial charge in [0.2, 0.25) is 0 Å². The van der Waals surface area contributed by atoms with Gasteiger partial charge in [0.15, 0.2) is 0 Å². The SMILES string of the molecule is O=c1[nH]c2ccc(NC3CCC3)cc2[nH]1. The quantitative estimate of drug-likeness (QED) is 0.697. The lowest BCUT2D eigenvalue weighted by molar-refractivity contribution is 0.445. The van der Waals surface area contributed by atoms with Gasteiger partial charge < -0.3 is 15.3 Å². The van der Waals surface area contributed by atoms with E-state index < -0.39 is 0 Å². The fourth-order valence-electron chi connectivity index (χ4n) is 1.91. The first-order valence-corrected chi connectivity index (χ1v) is 5.30. The Morgan fingerprint density at radius 2 is 2.00 bits per heavy atom. The Morgan fingerprint density at radius 1 is 1.20 bits per heavy atom. The maximum atomic E-state index is 11.1. The number of hydrogen-bond acceptors (Lipinski definition) is 2. The lowest BCUT2D eigenvalue weighted by Crippen LogP contribution is -2.26. The minimum Gasteiger partial charge on any atom is -0.382 e. The molecule has 0 amide bonds. The van der Waals surface area contributed by atoms with Gasteiger partial charge >= 0.3 is 5.69 Å². The zero-order chi connectivity index (χ0) is 10.3. The molecule has 0 atom stereocenters. The van der Waals surface area contributed by atoms with Crippen molar-refractivity contribution in [3.05, 3.63) is 28.7 Å². The predicted molar refractivity (Wildman–Crippen MR) is 60.2 cm³/mol. The van der Waals surface area contributed by atoms with E-state index in [9.17, 15) is 4.79 Å². The summed E-state index contributed by atoms with van der Waals surface area (Å²) in [5.41, 5.74) is 2.66. The Bertz CT molecular complexity index is 536. The molecule has 1 saturated carbocycles. The van der Waals surface area contributed by atoms with Crippen LogP contribution in [0.5, 0.6) is 0 Å². The van der Waals surface area contributed by atoms with Gasteiger partial charge in [-0.05, 0) is 37.5 Å². The zero-order valence-electron chi connectivity index (χ0n) is 8.34. The maximum Gasteiger partial charge on any atom is 0.323 e. The lowest BCUT2D eigenvalue weighted by atomic mass is 9.93. The average Bonchev–Trinajstić information content (AvgIpc) is 2.50. The van der Waals surface area contributed by atoms with Gasteiger partial charge in [-0.15, -0.1) is 0 Å². The summed E-state index contributed by atoms with van der Waals surface area (Å²) in [6, 6.07) is 6.53. The number of aromatic amines is 2. The molecule has 1 aromatic carbocycles. The van der Waals surface area contributed by atoms with Crippen LogP contribution in [0.2, 0.25) is 0 Å². The summed E-state index contributed by atoms with van der Waals surface area (Å²) in [6.45, 7) is 0. The first-order chi connectivity index (χ1) is 7.31. The van der Waals surface area contributed by atoms with Crippen molar-refractivity contribution in [2.24, 2.45) is 0 Å². The highest BCUT2D eigenvalue weighted by molar-refractivity contribution is 5.78. The molecule has 1 aliphatic carbocycles. The second-order valence-electron chi connectivity index (χ2n) is 4.11. The normalized spacial score (nSPS) is 16.5. The molecule has 0 radical (unpaired) electrons. The molecule has 3 rings (SSSR count). The summed E-state index contributed by atoms with van der Waals surface area (Å²) in [7, 11) is 0. The molecule has 4 heteroatoms. The van der Waals surface area contributed by atoms with E-state index in [1.807, 2.05) is 18.2 Å². The number of imidazole rings is 1. The Kier molecular flexibility index (Phi) is 1.80. The predicted octanol–water partition coefficient (Wildman–Crippen LogP) is 1.82. The van der Waals surface area contributed by atoms with Gasteiger partial charge in [-0.1, -0.05) is 0 Å². The second kappa shape index (κ2) is 3.15. The van der Waals surface area contributed by atoms with Crippen LogP contribution in [-0.4, -0.2) is 16.0 Å². The highest BCUT2D eigenvalue weighted by atomic mass is 16.1. The van der Waals surface area contributed by atoms with E-state index in [4.69, 9.17) is 0 Å². The largest absolute Gasteiger partial charge is 0.382 e. The minimum absolute atomic E-state index is 0.147. The summed E-state index contributed by atoms with van der Waals surface area (Å²) in [5, 5.41) is 3.44. The first kappa shape index (κ1) is 8.59. The standard InChI is InChI=1S/C11H13N3O/c15-11-13-9-5-4-8(6-10(9)14-11)12-7-2-1-3-7/h4-7,12H,1-3H2,(H2,13,14,15). The van der Waals surface area contributed by atoms with Gasteiger partial charge in [0, 0.05) is 11.7 Å². The third kappa shape index (κ3) is 1.52.